The molecule has 2 fully saturated rings. The number of rotatable bonds is 5. The minimum absolute atomic E-state index is 0.202. The fourth-order valence-corrected chi connectivity index (χ4v) is 3.41. The SMILES string of the molecule is Cc1cc(N2CCOC(CN(C)CC3CC3)C2)c(C#N)c(C)n1. The lowest BCUT2D eigenvalue weighted by atomic mass is 10.1. The van der Waals surface area contributed by atoms with E-state index in [4.69, 9.17) is 4.74 Å². The number of aryl methyl sites for hydroxylation is 2. The third kappa shape index (κ3) is 4.01. The predicted octanol–water partition coefficient (Wildman–Crippen LogP) is 2.12. The molecule has 5 heteroatoms. The van der Waals surface area contributed by atoms with Crippen molar-refractivity contribution in [2.45, 2.75) is 32.8 Å². The number of nitrogens with zero attached hydrogens (tertiary/aromatic N) is 4. The van der Waals surface area contributed by atoms with Crippen molar-refractivity contribution in [1.82, 2.24) is 9.88 Å². The number of pyridine rings is 1. The van der Waals surface area contributed by atoms with Gasteiger partial charge in [-0.2, -0.15) is 5.26 Å². The predicted molar refractivity (Wildman–Crippen MR) is 90.6 cm³/mol. The molecule has 1 aromatic rings. The molecule has 1 saturated carbocycles. The van der Waals surface area contributed by atoms with Gasteiger partial charge in [-0.05, 0) is 45.7 Å². The average molecular weight is 314 g/mol. The van der Waals surface area contributed by atoms with Gasteiger partial charge in [0.05, 0.1) is 29.7 Å². The molecule has 1 atom stereocenters. The summed E-state index contributed by atoms with van der Waals surface area (Å²) < 4.78 is 5.95. The van der Waals surface area contributed by atoms with Crippen LogP contribution in [0, 0.1) is 31.1 Å². The maximum absolute atomic E-state index is 9.48. The number of nitriles is 1. The Morgan fingerprint density at radius 2 is 2.17 bits per heavy atom. The Morgan fingerprint density at radius 3 is 2.87 bits per heavy atom. The molecule has 1 aliphatic carbocycles. The maximum Gasteiger partial charge on any atom is 0.103 e. The second kappa shape index (κ2) is 6.86. The summed E-state index contributed by atoms with van der Waals surface area (Å²) in [7, 11) is 2.18. The van der Waals surface area contributed by atoms with Crippen molar-refractivity contribution in [3.05, 3.63) is 23.0 Å². The standard InChI is InChI=1S/C18H26N4O/c1-13-8-18(17(9-19)14(2)20-13)22-6-7-23-16(12-22)11-21(3)10-15-4-5-15/h8,15-16H,4-7,10-12H2,1-3H3. The van der Waals surface area contributed by atoms with Crippen molar-refractivity contribution in [3.8, 4) is 6.07 Å². The molecule has 0 spiro atoms. The topological polar surface area (TPSA) is 52.4 Å². The van der Waals surface area contributed by atoms with E-state index in [0.29, 0.717) is 12.2 Å². The van der Waals surface area contributed by atoms with Gasteiger partial charge in [-0.15, -0.1) is 0 Å². The summed E-state index contributed by atoms with van der Waals surface area (Å²) in [5.74, 6) is 0.899. The Bertz CT molecular complexity index is 606. The van der Waals surface area contributed by atoms with E-state index in [9.17, 15) is 5.26 Å². The molecule has 1 aromatic heterocycles. The Kier molecular flexibility index (Phi) is 4.84. The summed E-state index contributed by atoms with van der Waals surface area (Å²) in [6.07, 6.45) is 2.96. The van der Waals surface area contributed by atoms with Gasteiger partial charge in [0.2, 0.25) is 0 Å². The van der Waals surface area contributed by atoms with Crippen LogP contribution in [0.2, 0.25) is 0 Å². The fraction of sp³-hybridized carbons (Fsp3) is 0.667. The van der Waals surface area contributed by atoms with Crippen molar-refractivity contribution < 1.29 is 4.74 Å². The lowest BCUT2D eigenvalue weighted by Crippen LogP contribution is -2.47. The first kappa shape index (κ1) is 16.2. The van der Waals surface area contributed by atoms with E-state index in [1.54, 1.807) is 0 Å². The zero-order chi connectivity index (χ0) is 16.4. The number of hydrogen-bond donors (Lipinski definition) is 0. The summed E-state index contributed by atoms with van der Waals surface area (Å²) >= 11 is 0. The van der Waals surface area contributed by atoms with E-state index in [1.807, 2.05) is 19.9 Å². The van der Waals surface area contributed by atoms with E-state index in [1.165, 1.54) is 19.4 Å². The van der Waals surface area contributed by atoms with E-state index in [-0.39, 0.29) is 6.10 Å². The highest BCUT2D eigenvalue weighted by Crippen LogP contribution is 2.30. The van der Waals surface area contributed by atoms with Gasteiger partial charge in [-0.1, -0.05) is 0 Å². The minimum Gasteiger partial charge on any atom is -0.373 e. The molecule has 3 rings (SSSR count). The first-order chi connectivity index (χ1) is 11.1. The summed E-state index contributed by atoms with van der Waals surface area (Å²) in [6.45, 7) is 8.42. The molecule has 2 heterocycles. The average Bonchev–Trinajstić information content (AvgIpc) is 3.30. The van der Waals surface area contributed by atoms with Crippen molar-refractivity contribution >= 4 is 5.69 Å². The highest BCUT2D eigenvalue weighted by molar-refractivity contribution is 5.61. The molecule has 0 aromatic carbocycles. The molecular formula is C18H26N4O. The van der Waals surface area contributed by atoms with Crippen LogP contribution in [-0.2, 0) is 4.74 Å². The fourth-order valence-electron chi connectivity index (χ4n) is 3.41. The van der Waals surface area contributed by atoms with Crippen molar-refractivity contribution in [2.75, 3.05) is 44.7 Å². The van der Waals surface area contributed by atoms with E-state index < -0.39 is 0 Å². The molecule has 0 radical (unpaired) electrons. The summed E-state index contributed by atoms with van der Waals surface area (Å²) in [5, 5.41) is 9.48. The number of ether oxygens (including phenoxy) is 1. The monoisotopic (exact) mass is 314 g/mol. The normalized spacial score (nSPS) is 21.5. The van der Waals surface area contributed by atoms with Gasteiger partial charge in [0.25, 0.3) is 0 Å². The third-order valence-electron chi connectivity index (χ3n) is 4.68. The van der Waals surface area contributed by atoms with Crippen LogP contribution in [0.3, 0.4) is 0 Å². The second-order valence-electron chi connectivity index (χ2n) is 6.96. The van der Waals surface area contributed by atoms with Gasteiger partial charge >= 0.3 is 0 Å². The third-order valence-corrected chi connectivity index (χ3v) is 4.68. The van der Waals surface area contributed by atoms with Crippen LogP contribution in [0.5, 0.6) is 0 Å². The molecular weight excluding hydrogens is 288 g/mol. The Hall–Kier alpha value is -1.64. The Morgan fingerprint density at radius 1 is 1.39 bits per heavy atom. The molecule has 0 N–H and O–H groups in total. The summed E-state index contributed by atoms with van der Waals surface area (Å²) in [4.78, 5) is 9.10. The van der Waals surface area contributed by atoms with Gasteiger partial charge in [-0.25, -0.2) is 0 Å². The van der Waals surface area contributed by atoms with E-state index in [2.05, 4.69) is 27.9 Å². The van der Waals surface area contributed by atoms with Crippen LogP contribution in [0.4, 0.5) is 5.69 Å². The van der Waals surface area contributed by atoms with Crippen LogP contribution < -0.4 is 4.90 Å². The number of anilines is 1. The summed E-state index contributed by atoms with van der Waals surface area (Å²) in [5.41, 5.74) is 3.49. The summed E-state index contributed by atoms with van der Waals surface area (Å²) in [6, 6.07) is 4.35. The first-order valence-corrected chi connectivity index (χ1v) is 8.50. The molecule has 124 valence electrons. The van der Waals surface area contributed by atoms with Crippen LogP contribution >= 0.6 is 0 Å². The lowest BCUT2D eigenvalue weighted by Gasteiger charge is -2.36. The number of aromatic nitrogens is 1. The largest absolute Gasteiger partial charge is 0.373 e. The van der Waals surface area contributed by atoms with Gasteiger partial charge in [0, 0.05) is 31.9 Å². The van der Waals surface area contributed by atoms with Crippen LogP contribution in [0.15, 0.2) is 6.07 Å². The van der Waals surface area contributed by atoms with Crippen molar-refractivity contribution in [3.63, 3.8) is 0 Å². The molecule has 23 heavy (non-hydrogen) atoms. The van der Waals surface area contributed by atoms with Gasteiger partial charge < -0.3 is 14.5 Å². The van der Waals surface area contributed by atoms with Crippen LogP contribution in [0.1, 0.15) is 29.8 Å². The number of likely N-dealkylation sites (N-methyl/N-ethyl adjacent to an activating group) is 1. The molecule has 5 nitrogen and oxygen atoms in total. The molecule has 1 aliphatic heterocycles. The quantitative estimate of drug-likeness (QED) is 0.833. The molecule has 1 saturated heterocycles. The van der Waals surface area contributed by atoms with Crippen LogP contribution in [0.25, 0.3) is 0 Å². The second-order valence-corrected chi connectivity index (χ2v) is 6.96. The molecule has 0 amide bonds. The zero-order valence-electron chi connectivity index (χ0n) is 14.4. The van der Waals surface area contributed by atoms with E-state index in [0.717, 1.165) is 42.6 Å². The Balaban J connectivity index is 1.69. The van der Waals surface area contributed by atoms with Crippen LogP contribution in [-0.4, -0.2) is 55.8 Å². The highest BCUT2D eigenvalue weighted by atomic mass is 16.5. The first-order valence-electron chi connectivity index (χ1n) is 8.50. The zero-order valence-corrected chi connectivity index (χ0v) is 14.4. The Labute approximate surface area is 138 Å². The molecule has 1 unspecified atom stereocenters. The molecule has 0 bridgehead atoms. The number of hydrogen-bond acceptors (Lipinski definition) is 5. The molecule has 2 aliphatic rings. The lowest BCUT2D eigenvalue weighted by molar-refractivity contribution is 0.0199. The van der Waals surface area contributed by atoms with Gasteiger partial charge in [0.1, 0.15) is 6.07 Å². The minimum atomic E-state index is 0.202. The van der Waals surface area contributed by atoms with E-state index >= 15 is 0 Å². The smallest absolute Gasteiger partial charge is 0.103 e. The van der Waals surface area contributed by atoms with Gasteiger partial charge in [0.15, 0.2) is 0 Å². The number of morpholine rings is 1. The van der Waals surface area contributed by atoms with Crippen molar-refractivity contribution in [1.29, 1.82) is 5.26 Å². The van der Waals surface area contributed by atoms with Crippen molar-refractivity contribution in [2.24, 2.45) is 5.92 Å². The highest BCUT2D eigenvalue weighted by Gasteiger charge is 2.27. The van der Waals surface area contributed by atoms with Gasteiger partial charge in [-0.3, -0.25) is 4.98 Å². The maximum atomic E-state index is 9.48.